The molecule has 0 aromatic heterocycles. The Hall–Kier alpha value is -1.76. The molecular weight excluding hydrogens is 142 g/mol. The van der Waals surface area contributed by atoms with Gasteiger partial charge >= 0.3 is 0 Å². The highest BCUT2D eigenvalue weighted by molar-refractivity contribution is 5.59. The zero-order valence-corrected chi connectivity index (χ0v) is 5.69. The third kappa shape index (κ3) is 1.83. The van der Waals surface area contributed by atoms with Gasteiger partial charge in [-0.1, -0.05) is 17.3 Å². The summed E-state index contributed by atoms with van der Waals surface area (Å²) >= 11 is 0. The smallest absolute Gasteiger partial charge is 0.128 e. The van der Waals surface area contributed by atoms with Gasteiger partial charge in [0.25, 0.3) is 0 Å². The lowest BCUT2D eigenvalue weighted by Gasteiger charge is -1.99. The number of azide groups is 1. The molecule has 0 amide bonds. The largest absolute Gasteiger partial charge is 0.233 e. The molecule has 0 heterocycles. The van der Waals surface area contributed by atoms with Gasteiger partial charge in [-0.25, -0.2) is 4.79 Å². The van der Waals surface area contributed by atoms with Crippen molar-refractivity contribution in [3.8, 4) is 0 Å². The predicted molar refractivity (Wildman–Crippen MR) is 40.2 cm³/mol. The van der Waals surface area contributed by atoms with Crippen LogP contribution in [0.15, 0.2) is 34.6 Å². The molecule has 11 heavy (non-hydrogen) atoms. The summed E-state index contributed by atoms with van der Waals surface area (Å²) in [6.45, 7) is 0. The van der Waals surface area contributed by atoms with E-state index in [1.807, 2.05) is 0 Å². The van der Waals surface area contributed by atoms with Crippen LogP contribution in [0, 0.1) is 0 Å². The second kappa shape index (κ2) is 3.42. The molecule has 4 heteroatoms. The van der Waals surface area contributed by atoms with Crippen LogP contribution >= 0.6 is 0 Å². The van der Waals surface area contributed by atoms with Crippen LogP contribution in [0.1, 0.15) is 6.42 Å². The Balaban J connectivity index is 2.82. The Kier molecular flexibility index (Phi) is 2.28. The molecule has 1 rings (SSSR count). The van der Waals surface area contributed by atoms with E-state index in [0.29, 0.717) is 17.7 Å². The number of allylic oxidation sites excluding steroid dienone is 4. The summed E-state index contributed by atoms with van der Waals surface area (Å²) in [7, 11) is 0. The number of hydrogen-bond acceptors (Lipinski definition) is 2. The first-order chi connectivity index (χ1) is 5.36. The summed E-state index contributed by atoms with van der Waals surface area (Å²) in [5, 5.41) is 3.36. The fraction of sp³-hybridized carbons (Fsp3) is 0.143. The number of hydrogen-bond donors (Lipinski definition) is 0. The van der Waals surface area contributed by atoms with E-state index in [-0.39, 0.29) is 0 Å². The predicted octanol–water partition coefficient (Wildman–Crippen LogP) is 1.90. The first-order valence-corrected chi connectivity index (χ1v) is 3.04. The molecule has 54 valence electrons. The van der Waals surface area contributed by atoms with Crippen molar-refractivity contribution in [3.05, 3.63) is 39.9 Å². The molecule has 1 aliphatic rings. The molecule has 0 saturated carbocycles. The van der Waals surface area contributed by atoms with Gasteiger partial charge in [0.15, 0.2) is 0 Å². The van der Waals surface area contributed by atoms with E-state index in [4.69, 9.17) is 5.53 Å². The van der Waals surface area contributed by atoms with Gasteiger partial charge in [0.1, 0.15) is 5.94 Å². The van der Waals surface area contributed by atoms with E-state index in [2.05, 4.69) is 10.0 Å². The Bertz CT molecular complexity index is 315. The van der Waals surface area contributed by atoms with E-state index in [1.54, 1.807) is 24.2 Å². The first-order valence-electron chi connectivity index (χ1n) is 3.04. The quantitative estimate of drug-likeness (QED) is 0.242. The zero-order valence-electron chi connectivity index (χ0n) is 5.69. The average Bonchev–Trinajstić information content (AvgIpc) is 2.07. The van der Waals surface area contributed by atoms with Crippen molar-refractivity contribution < 1.29 is 4.79 Å². The second-order valence-electron chi connectivity index (χ2n) is 1.98. The molecule has 0 radical (unpaired) electrons. The summed E-state index contributed by atoms with van der Waals surface area (Å²) in [4.78, 5) is 12.7. The Labute approximate surface area is 63.1 Å². The fourth-order valence-corrected chi connectivity index (χ4v) is 0.738. The van der Waals surface area contributed by atoms with E-state index >= 15 is 0 Å². The summed E-state index contributed by atoms with van der Waals surface area (Å²) in [6.07, 6.45) is 5.36. The molecule has 0 saturated heterocycles. The number of nitrogens with zero attached hydrogens (tertiary/aromatic N) is 3. The highest BCUT2D eigenvalue weighted by atomic mass is 16.1. The third-order valence-electron chi connectivity index (χ3n) is 1.28. The maximum absolute atomic E-state index is 10.1. The Morgan fingerprint density at radius 2 is 2.45 bits per heavy atom. The average molecular weight is 147 g/mol. The van der Waals surface area contributed by atoms with Gasteiger partial charge in [0.2, 0.25) is 0 Å². The van der Waals surface area contributed by atoms with Gasteiger partial charge in [-0.15, -0.1) is 0 Å². The topological polar surface area (TPSA) is 65.8 Å². The maximum Gasteiger partial charge on any atom is 0.128 e. The molecule has 0 aromatic carbocycles. The lowest BCUT2D eigenvalue weighted by molar-refractivity contribution is 0.567. The van der Waals surface area contributed by atoms with Crippen LogP contribution in [0.25, 0.3) is 10.4 Å². The molecular formula is C7H5N3O. The zero-order chi connectivity index (χ0) is 8.10. The number of rotatable bonds is 1. The minimum atomic E-state index is 0.494. The van der Waals surface area contributed by atoms with Crippen LogP contribution < -0.4 is 0 Å². The summed E-state index contributed by atoms with van der Waals surface area (Å²) in [5.41, 5.74) is 9.16. The number of carbonyl (C=O) groups excluding carboxylic acids is 1. The summed E-state index contributed by atoms with van der Waals surface area (Å²) in [6, 6.07) is 0. The monoisotopic (exact) mass is 147 g/mol. The lowest BCUT2D eigenvalue weighted by Crippen LogP contribution is -1.84. The second-order valence-corrected chi connectivity index (χ2v) is 1.98. The van der Waals surface area contributed by atoms with E-state index in [0.717, 1.165) is 0 Å². The standard InChI is InChI=1S/C7H5N3O/c8-10-9-7-3-1-6(5-11)2-4-7/h1,3-4H,2H2. The van der Waals surface area contributed by atoms with Crippen molar-refractivity contribution in [2.24, 2.45) is 5.11 Å². The molecule has 0 spiro atoms. The third-order valence-corrected chi connectivity index (χ3v) is 1.28. The van der Waals surface area contributed by atoms with Crippen LogP contribution in [-0.4, -0.2) is 5.94 Å². The minimum Gasteiger partial charge on any atom is -0.233 e. The molecule has 0 fully saturated rings. The van der Waals surface area contributed by atoms with Crippen LogP contribution in [0.5, 0.6) is 0 Å². The van der Waals surface area contributed by atoms with E-state index in [9.17, 15) is 4.79 Å². The molecule has 0 aromatic rings. The van der Waals surface area contributed by atoms with Crippen LogP contribution in [-0.2, 0) is 4.79 Å². The Morgan fingerprint density at radius 1 is 1.64 bits per heavy atom. The first kappa shape index (κ1) is 7.35. The SMILES string of the molecule is [N-]=[N+]=NC1=CCC(=C=O)C=C1. The Morgan fingerprint density at radius 3 is 2.91 bits per heavy atom. The van der Waals surface area contributed by atoms with Crippen LogP contribution in [0.2, 0.25) is 0 Å². The van der Waals surface area contributed by atoms with Gasteiger partial charge in [-0.3, -0.25) is 0 Å². The van der Waals surface area contributed by atoms with E-state index < -0.39 is 0 Å². The highest BCUT2D eigenvalue weighted by Gasteiger charge is 1.98. The van der Waals surface area contributed by atoms with Gasteiger partial charge in [0.05, 0.1) is 0 Å². The minimum absolute atomic E-state index is 0.494. The van der Waals surface area contributed by atoms with Crippen molar-refractivity contribution in [2.75, 3.05) is 0 Å². The van der Waals surface area contributed by atoms with Crippen LogP contribution in [0.4, 0.5) is 0 Å². The van der Waals surface area contributed by atoms with Gasteiger partial charge in [-0.05, 0) is 11.6 Å². The lowest BCUT2D eigenvalue weighted by atomic mass is 10.1. The highest BCUT2D eigenvalue weighted by Crippen LogP contribution is 2.13. The molecule has 0 aliphatic heterocycles. The van der Waals surface area contributed by atoms with Gasteiger partial charge in [0, 0.05) is 22.6 Å². The normalized spacial score (nSPS) is 14.9. The maximum atomic E-state index is 10.1. The molecule has 1 aliphatic carbocycles. The molecule has 0 bridgehead atoms. The van der Waals surface area contributed by atoms with Crippen LogP contribution in [0.3, 0.4) is 0 Å². The van der Waals surface area contributed by atoms with Crippen molar-refractivity contribution in [3.63, 3.8) is 0 Å². The fourth-order valence-electron chi connectivity index (χ4n) is 0.738. The van der Waals surface area contributed by atoms with Crippen molar-refractivity contribution in [2.45, 2.75) is 6.42 Å². The van der Waals surface area contributed by atoms with Crippen molar-refractivity contribution in [1.82, 2.24) is 0 Å². The molecule has 0 atom stereocenters. The summed E-state index contributed by atoms with van der Waals surface area (Å²) in [5.74, 6) is 1.77. The van der Waals surface area contributed by atoms with Crippen molar-refractivity contribution >= 4 is 5.94 Å². The van der Waals surface area contributed by atoms with Gasteiger partial charge < -0.3 is 0 Å². The molecule has 0 unspecified atom stereocenters. The molecule has 0 N–H and O–H groups in total. The molecule has 4 nitrogen and oxygen atoms in total. The van der Waals surface area contributed by atoms with Crippen molar-refractivity contribution in [1.29, 1.82) is 0 Å². The summed E-state index contributed by atoms with van der Waals surface area (Å²) < 4.78 is 0. The van der Waals surface area contributed by atoms with E-state index in [1.165, 1.54) is 0 Å². The van der Waals surface area contributed by atoms with Gasteiger partial charge in [-0.2, -0.15) is 0 Å².